The molecule has 5 nitrogen and oxygen atoms in total. The number of thiophene rings is 1. The molecule has 2 aromatic heterocycles. The summed E-state index contributed by atoms with van der Waals surface area (Å²) >= 11 is 1.46. The van der Waals surface area contributed by atoms with Gasteiger partial charge in [0.25, 0.3) is 5.91 Å². The number of methoxy groups -OCH3 is 1. The molecule has 1 N–H and O–H groups in total. The zero-order chi connectivity index (χ0) is 16.2. The SMILES string of the molecule is COc1ccc(CNC(=O)c2ncoc2-c2cccs2)cc1F. The molecule has 0 fully saturated rings. The molecule has 3 rings (SSSR count). The maximum Gasteiger partial charge on any atom is 0.274 e. The third-order valence-electron chi connectivity index (χ3n) is 3.20. The Morgan fingerprint density at radius 1 is 1.43 bits per heavy atom. The Labute approximate surface area is 135 Å². The van der Waals surface area contributed by atoms with Crippen LogP contribution in [0.5, 0.6) is 5.75 Å². The van der Waals surface area contributed by atoms with Crippen LogP contribution in [0.4, 0.5) is 4.39 Å². The van der Waals surface area contributed by atoms with E-state index in [0.29, 0.717) is 11.3 Å². The van der Waals surface area contributed by atoms with Gasteiger partial charge < -0.3 is 14.5 Å². The Kier molecular flexibility index (Phi) is 4.38. The number of hydrogen-bond acceptors (Lipinski definition) is 5. The molecule has 0 bridgehead atoms. The molecule has 118 valence electrons. The molecule has 0 atom stereocenters. The Bertz CT molecular complexity index is 815. The molecular formula is C16H13FN2O3S. The van der Waals surface area contributed by atoms with Gasteiger partial charge in [-0.1, -0.05) is 12.1 Å². The number of carbonyl (C=O) groups excluding carboxylic acids is 1. The van der Waals surface area contributed by atoms with Crippen molar-refractivity contribution in [3.05, 3.63) is 59.2 Å². The third-order valence-corrected chi connectivity index (χ3v) is 4.07. The molecule has 2 heterocycles. The van der Waals surface area contributed by atoms with Crippen LogP contribution < -0.4 is 10.1 Å². The zero-order valence-corrected chi connectivity index (χ0v) is 13.0. The van der Waals surface area contributed by atoms with Crippen molar-refractivity contribution in [3.8, 4) is 16.4 Å². The van der Waals surface area contributed by atoms with E-state index < -0.39 is 5.82 Å². The van der Waals surface area contributed by atoms with Crippen LogP contribution in [0.3, 0.4) is 0 Å². The Balaban J connectivity index is 1.71. The van der Waals surface area contributed by atoms with E-state index in [1.165, 1.54) is 37.0 Å². The number of oxazole rings is 1. The molecule has 23 heavy (non-hydrogen) atoms. The summed E-state index contributed by atoms with van der Waals surface area (Å²) in [7, 11) is 1.40. The van der Waals surface area contributed by atoms with E-state index in [4.69, 9.17) is 9.15 Å². The number of halogens is 1. The lowest BCUT2D eigenvalue weighted by Gasteiger charge is -2.06. The predicted molar refractivity (Wildman–Crippen MR) is 83.9 cm³/mol. The average molecular weight is 332 g/mol. The molecule has 3 aromatic rings. The Morgan fingerprint density at radius 2 is 2.30 bits per heavy atom. The second kappa shape index (κ2) is 6.62. The summed E-state index contributed by atoms with van der Waals surface area (Å²) in [6.45, 7) is 0.177. The van der Waals surface area contributed by atoms with Crippen LogP contribution >= 0.6 is 11.3 Å². The van der Waals surface area contributed by atoms with Crippen molar-refractivity contribution in [2.45, 2.75) is 6.54 Å². The molecule has 0 aliphatic carbocycles. The number of nitrogens with one attached hydrogen (secondary N) is 1. The first kappa shape index (κ1) is 15.2. The fourth-order valence-corrected chi connectivity index (χ4v) is 2.79. The first-order valence-corrected chi connectivity index (χ1v) is 7.65. The average Bonchev–Trinajstić information content (AvgIpc) is 3.23. The molecule has 0 aliphatic rings. The standard InChI is InChI=1S/C16H13FN2O3S/c1-21-12-5-4-10(7-11(12)17)8-18-16(20)14-15(22-9-19-14)13-3-2-6-23-13/h2-7,9H,8H2,1H3,(H,18,20). The maximum absolute atomic E-state index is 13.6. The van der Waals surface area contributed by atoms with Gasteiger partial charge in [0.2, 0.25) is 0 Å². The fourth-order valence-electron chi connectivity index (χ4n) is 2.08. The number of hydrogen-bond donors (Lipinski definition) is 1. The molecule has 7 heteroatoms. The topological polar surface area (TPSA) is 64.4 Å². The normalized spacial score (nSPS) is 10.5. The van der Waals surface area contributed by atoms with Gasteiger partial charge in [-0.15, -0.1) is 11.3 Å². The predicted octanol–water partition coefficient (Wildman–Crippen LogP) is 3.48. The van der Waals surface area contributed by atoms with Crippen LogP contribution in [0.15, 0.2) is 46.5 Å². The Morgan fingerprint density at radius 3 is 3.00 bits per heavy atom. The summed E-state index contributed by atoms with van der Waals surface area (Å²) < 4.78 is 23.8. The van der Waals surface area contributed by atoms with E-state index in [1.54, 1.807) is 6.07 Å². The van der Waals surface area contributed by atoms with E-state index in [9.17, 15) is 9.18 Å². The lowest BCUT2D eigenvalue weighted by Crippen LogP contribution is -2.23. The number of carbonyl (C=O) groups is 1. The maximum atomic E-state index is 13.6. The van der Waals surface area contributed by atoms with Crippen molar-refractivity contribution >= 4 is 17.2 Å². The van der Waals surface area contributed by atoms with Crippen molar-refractivity contribution in [3.63, 3.8) is 0 Å². The van der Waals surface area contributed by atoms with Gasteiger partial charge >= 0.3 is 0 Å². The van der Waals surface area contributed by atoms with Gasteiger partial charge in [-0.2, -0.15) is 0 Å². The molecule has 0 saturated heterocycles. The molecule has 0 aliphatic heterocycles. The van der Waals surface area contributed by atoms with Gasteiger partial charge in [-0.25, -0.2) is 9.37 Å². The highest BCUT2D eigenvalue weighted by Gasteiger charge is 2.18. The van der Waals surface area contributed by atoms with Crippen molar-refractivity contribution in [1.82, 2.24) is 10.3 Å². The highest BCUT2D eigenvalue weighted by atomic mass is 32.1. The number of aromatic nitrogens is 1. The summed E-state index contributed by atoms with van der Waals surface area (Å²) in [6.07, 6.45) is 1.23. The van der Waals surface area contributed by atoms with Crippen molar-refractivity contribution in [1.29, 1.82) is 0 Å². The number of amides is 1. The highest BCUT2D eigenvalue weighted by molar-refractivity contribution is 7.13. The van der Waals surface area contributed by atoms with E-state index in [1.807, 2.05) is 17.5 Å². The van der Waals surface area contributed by atoms with Crippen molar-refractivity contribution in [2.75, 3.05) is 7.11 Å². The quantitative estimate of drug-likeness (QED) is 0.777. The molecule has 1 amide bonds. The summed E-state index contributed by atoms with van der Waals surface area (Å²) in [6, 6.07) is 8.24. The van der Waals surface area contributed by atoms with Crippen LogP contribution in [0.25, 0.3) is 10.6 Å². The van der Waals surface area contributed by atoms with Gasteiger partial charge in [0.15, 0.2) is 29.4 Å². The molecular weight excluding hydrogens is 319 g/mol. The monoisotopic (exact) mass is 332 g/mol. The number of benzene rings is 1. The summed E-state index contributed by atoms with van der Waals surface area (Å²) in [5, 5.41) is 4.59. The fraction of sp³-hybridized carbons (Fsp3) is 0.125. The van der Waals surface area contributed by atoms with Gasteiger partial charge in [-0.05, 0) is 29.1 Å². The van der Waals surface area contributed by atoms with Gasteiger partial charge in [0.05, 0.1) is 12.0 Å². The van der Waals surface area contributed by atoms with Crippen LogP contribution in [-0.2, 0) is 6.54 Å². The van der Waals surface area contributed by atoms with E-state index in [-0.39, 0.29) is 23.9 Å². The molecule has 0 radical (unpaired) electrons. The van der Waals surface area contributed by atoms with Crippen LogP contribution in [0.2, 0.25) is 0 Å². The lowest BCUT2D eigenvalue weighted by atomic mass is 10.2. The van der Waals surface area contributed by atoms with Gasteiger partial charge in [0, 0.05) is 6.54 Å². The van der Waals surface area contributed by atoms with Crippen LogP contribution in [-0.4, -0.2) is 18.0 Å². The van der Waals surface area contributed by atoms with Gasteiger partial charge in [-0.3, -0.25) is 4.79 Å². The van der Waals surface area contributed by atoms with Crippen molar-refractivity contribution < 1.29 is 18.3 Å². The van der Waals surface area contributed by atoms with Gasteiger partial charge in [0.1, 0.15) is 0 Å². The third kappa shape index (κ3) is 3.24. The number of ether oxygens (including phenoxy) is 1. The minimum Gasteiger partial charge on any atom is -0.494 e. The first-order chi connectivity index (χ1) is 11.2. The number of nitrogens with zero attached hydrogens (tertiary/aromatic N) is 1. The molecule has 1 aromatic carbocycles. The van der Waals surface area contributed by atoms with Crippen molar-refractivity contribution in [2.24, 2.45) is 0 Å². The minimum absolute atomic E-state index is 0.163. The largest absolute Gasteiger partial charge is 0.494 e. The molecule has 0 saturated carbocycles. The van der Waals surface area contributed by atoms with E-state index in [0.717, 1.165) is 4.88 Å². The second-order valence-corrected chi connectivity index (χ2v) is 5.61. The lowest BCUT2D eigenvalue weighted by molar-refractivity contribution is 0.0946. The van der Waals surface area contributed by atoms with Crippen LogP contribution in [0, 0.1) is 5.82 Å². The highest BCUT2D eigenvalue weighted by Crippen LogP contribution is 2.27. The molecule has 0 spiro atoms. The minimum atomic E-state index is -0.472. The first-order valence-electron chi connectivity index (χ1n) is 6.77. The van der Waals surface area contributed by atoms with E-state index in [2.05, 4.69) is 10.3 Å². The summed E-state index contributed by atoms with van der Waals surface area (Å²) in [5.74, 6) is -0.256. The summed E-state index contributed by atoms with van der Waals surface area (Å²) in [4.78, 5) is 17.0. The molecule has 0 unspecified atom stereocenters. The number of rotatable bonds is 5. The smallest absolute Gasteiger partial charge is 0.274 e. The Hall–Kier alpha value is -2.67. The van der Waals surface area contributed by atoms with E-state index >= 15 is 0 Å². The summed E-state index contributed by atoms with van der Waals surface area (Å²) in [5.41, 5.74) is 0.833. The zero-order valence-electron chi connectivity index (χ0n) is 12.2. The van der Waals surface area contributed by atoms with Crippen LogP contribution in [0.1, 0.15) is 16.1 Å². The second-order valence-electron chi connectivity index (χ2n) is 4.66.